The summed E-state index contributed by atoms with van der Waals surface area (Å²) in [5, 5.41) is 14.1. The third kappa shape index (κ3) is 4.15. The Morgan fingerprint density at radius 2 is 2.18 bits per heavy atom. The number of rotatable bonds is 6. The topological polar surface area (TPSA) is 93.9 Å². The van der Waals surface area contributed by atoms with Gasteiger partial charge in [-0.25, -0.2) is 4.79 Å². The van der Waals surface area contributed by atoms with E-state index in [4.69, 9.17) is 4.74 Å². The van der Waals surface area contributed by atoms with Gasteiger partial charge in [-0.2, -0.15) is 0 Å². The van der Waals surface area contributed by atoms with E-state index < -0.39 is 10.9 Å². The molecule has 0 unspecified atom stereocenters. The van der Waals surface area contributed by atoms with Crippen molar-refractivity contribution in [1.82, 2.24) is 4.90 Å². The van der Waals surface area contributed by atoms with Gasteiger partial charge in [0.05, 0.1) is 30.8 Å². The highest BCUT2D eigenvalue weighted by molar-refractivity contribution is 5.91. The summed E-state index contributed by atoms with van der Waals surface area (Å²) in [6.45, 7) is 4.42. The molecule has 8 heteroatoms. The Hall–Kier alpha value is -2.19. The lowest BCUT2D eigenvalue weighted by atomic mass is 10.1. The molecule has 0 spiro atoms. The van der Waals surface area contributed by atoms with E-state index in [0.29, 0.717) is 25.4 Å². The van der Waals surface area contributed by atoms with E-state index in [0.717, 1.165) is 19.6 Å². The number of nitro groups is 1. The van der Waals surface area contributed by atoms with Crippen LogP contribution in [0, 0.1) is 10.1 Å². The average Bonchev–Trinajstić information content (AvgIpc) is 2.54. The zero-order valence-corrected chi connectivity index (χ0v) is 12.4. The van der Waals surface area contributed by atoms with Crippen molar-refractivity contribution in [2.45, 2.75) is 0 Å². The quantitative estimate of drug-likeness (QED) is 0.478. The highest BCUT2D eigenvalue weighted by atomic mass is 16.6. The first-order valence-electron chi connectivity index (χ1n) is 7.02. The van der Waals surface area contributed by atoms with Gasteiger partial charge in [0.1, 0.15) is 5.69 Å². The fourth-order valence-electron chi connectivity index (χ4n) is 2.26. The second-order valence-electron chi connectivity index (χ2n) is 4.86. The number of hydrogen-bond acceptors (Lipinski definition) is 7. The summed E-state index contributed by atoms with van der Waals surface area (Å²) in [5.74, 6) is -0.522. The Labute approximate surface area is 128 Å². The second-order valence-corrected chi connectivity index (χ2v) is 4.86. The zero-order chi connectivity index (χ0) is 15.9. The van der Waals surface area contributed by atoms with Crippen LogP contribution in [0.3, 0.4) is 0 Å². The molecular weight excluding hydrogens is 290 g/mol. The van der Waals surface area contributed by atoms with Gasteiger partial charge < -0.3 is 14.8 Å². The highest BCUT2D eigenvalue weighted by Crippen LogP contribution is 2.25. The van der Waals surface area contributed by atoms with E-state index in [1.54, 1.807) is 0 Å². The number of methoxy groups -OCH3 is 1. The maximum atomic E-state index is 11.5. The summed E-state index contributed by atoms with van der Waals surface area (Å²) < 4.78 is 9.90. The van der Waals surface area contributed by atoms with Crippen LogP contribution in [-0.2, 0) is 9.47 Å². The number of carbonyl (C=O) groups excluding carboxylic acids is 1. The molecule has 0 aliphatic carbocycles. The molecule has 120 valence electrons. The van der Waals surface area contributed by atoms with Gasteiger partial charge in [0.15, 0.2) is 0 Å². The monoisotopic (exact) mass is 309 g/mol. The fourth-order valence-corrected chi connectivity index (χ4v) is 2.26. The normalized spacial score (nSPS) is 15.3. The molecule has 0 bridgehead atoms. The van der Waals surface area contributed by atoms with Crippen LogP contribution in [0.15, 0.2) is 18.2 Å². The summed E-state index contributed by atoms with van der Waals surface area (Å²) in [7, 11) is 1.27. The molecule has 2 rings (SSSR count). The summed E-state index contributed by atoms with van der Waals surface area (Å²) >= 11 is 0. The molecule has 1 aromatic rings. The molecular formula is C14H19N3O5. The smallest absolute Gasteiger partial charge is 0.337 e. The number of carbonyl (C=O) groups is 1. The Morgan fingerprint density at radius 1 is 1.45 bits per heavy atom. The van der Waals surface area contributed by atoms with Gasteiger partial charge in [0.25, 0.3) is 5.69 Å². The molecule has 1 saturated heterocycles. The summed E-state index contributed by atoms with van der Waals surface area (Å²) in [4.78, 5) is 24.3. The average molecular weight is 309 g/mol. The number of ether oxygens (including phenoxy) is 2. The van der Waals surface area contributed by atoms with Crippen LogP contribution < -0.4 is 5.32 Å². The van der Waals surface area contributed by atoms with Crippen LogP contribution in [0.2, 0.25) is 0 Å². The minimum atomic E-state index is -0.522. The van der Waals surface area contributed by atoms with Crippen LogP contribution >= 0.6 is 0 Å². The first-order valence-corrected chi connectivity index (χ1v) is 7.02. The molecule has 0 aromatic heterocycles. The number of hydrogen-bond donors (Lipinski definition) is 1. The molecule has 0 amide bonds. The van der Waals surface area contributed by atoms with Gasteiger partial charge >= 0.3 is 5.97 Å². The van der Waals surface area contributed by atoms with Crippen molar-refractivity contribution in [3.63, 3.8) is 0 Å². The van der Waals surface area contributed by atoms with Crippen molar-refractivity contribution < 1.29 is 19.2 Å². The number of nitrogens with one attached hydrogen (secondary N) is 1. The fraction of sp³-hybridized carbons (Fsp3) is 0.500. The number of nitro benzene ring substituents is 1. The molecule has 1 N–H and O–H groups in total. The lowest BCUT2D eigenvalue weighted by molar-refractivity contribution is -0.384. The van der Waals surface area contributed by atoms with E-state index in [1.165, 1.54) is 25.3 Å². The molecule has 1 aromatic carbocycles. The molecule has 1 heterocycles. The van der Waals surface area contributed by atoms with E-state index in [-0.39, 0.29) is 11.3 Å². The van der Waals surface area contributed by atoms with Gasteiger partial charge in [0, 0.05) is 32.2 Å². The predicted octanol–water partition coefficient (Wildman–Crippen LogP) is 1.13. The number of esters is 1. The van der Waals surface area contributed by atoms with Crippen LogP contribution in [-0.4, -0.2) is 62.3 Å². The van der Waals surface area contributed by atoms with Gasteiger partial charge in [-0.3, -0.25) is 15.0 Å². The van der Waals surface area contributed by atoms with Crippen molar-refractivity contribution in [1.29, 1.82) is 0 Å². The van der Waals surface area contributed by atoms with E-state index >= 15 is 0 Å². The third-order valence-electron chi connectivity index (χ3n) is 3.46. The number of anilines is 1. The molecule has 1 aliphatic rings. The molecule has 0 atom stereocenters. The summed E-state index contributed by atoms with van der Waals surface area (Å²) in [5.41, 5.74) is 0.540. The van der Waals surface area contributed by atoms with E-state index in [1.807, 2.05) is 0 Å². The van der Waals surface area contributed by atoms with Gasteiger partial charge in [-0.1, -0.05) is 0 Å². The molecule has 8 nitrogen and oxygen atoms in total. The van der Waals surface area contributed by atoms with Crippen LogP contribution in [0.5, 0.6) is 0 Å². The predicted molar refractivity (Wildman–Crippen MR) is 80.2 cm³/mol. The van der Waals surface area contributed by atoms with E-state index in [9.17, 15) is 14.9 Å². The van der Waals surface area contributed by atoms with Crippen molar-refractivity contribution in [2.24, 2.45) is 0 Å². The first kappa shape index (κ1) is 16.2. The SMILES string of the molecule is COC(=O)c1ccc([N+](=O)[O-])c(NCCN2CCOCC2)c1. The van der Waals surface area contributed by atoms with Crippen molar-refractivity contribution >= 4 is 17.3 Å². The lowest BCUT2D eigenvalue weighted by Crippen LogP contribution is -2.39. The maximum Gasteiger partial charge on any atom is 0.337 e. The zero-order valence-electron chi connectivity index (χ0n) is 12.4. The van der Waals surface area contributed by atoms with Crippen molar-refractivity contribution in [3.8, 4) is 0 Å². The number of benzene rings is 1. The minimum absolute atomic E-state index is 0.0605. The third-order valence-corrected chi connectivity index (χ3v) is 3.46. The van der Waals surface area contributed by atoms with Gasteiger partial charge in [0.2, 0.25) is 0 Å². The minimum Gasteiger partial charge on any atom is -0.465 e. The lowest BCUT2D eigenvalue weighted by Gasteiger charge is -2.26. The van der Waals surface area contributed by atoms with Crippen LogP contribution in [0.1, 0.15) is 10.4 Å². The Bertz CT molecular complexity index is 543. The van der Waals surface area contributed by atoms with Crippen molar-refractivity contribution in [3.05, 3.63) is 33.9 Å². The molecule has 0 radical (unpaired) electrons. The van der Waals surface area contributed by atoms with Crippen molar-refractivity contribution in [2.75, 3.05) is 51.8 Å². The summed E-state index contributed by atoms with van der Waals surface area (Å²) in [6, 6.07) is 4.14. The van der Waals surface area contributed by atoms with E-state index in [2.05, 4.69) is 15.0 Å². The standard InChI is InChI=1S/C14H19N3O5/c1-21-14(18)11-2-3-13(17(19)20)12(10-11)15-4-5-16-6-8-22-9-7-16/h2-3,10,15H,4-9H2,1H3. The van der Waals surface area contributed by atoms with Crippen LogP contribution in [0.25, 0.3) is 0 Å². The first-order chi connectivity index (χ1) is 10.6. The molecule has 22 heavy (non-hydrogen) atoms. The Kier molecular flexibility index (Phi) is 5.68. The van der Waals surface area contributed by atoms with Crippen LogP contribution in [0.4, 0.5) is 11.4 Å². The Balaban J connectivity index is 2.02. The Morgan fingerprint density at radius 3 is 2.82 bits per heavy atom. The number of nitrogens with zero attached hydrogens (tertiary/aromatic N) is 2. The summed E-state index contributed by atoms with van der Waals surface area (Å²) in [6.07, 6.45) is 0. The second kappa shape index (κ2) is 7.71. The highest BCUT2D eigenvalue weighted by Gasteiger charge is 2.17. The largest absolute Gasteiger partial charge is 0.465 e. The maximum absolute atomic E-state index is 11.5. The molecule has 1 aliphatic heterocycles. The van der Waals surface area contributed by atoms with Gasteiger partial charge in [-0.05, 0) is 12.1 Å². The molecule has 0 saturated carbocycles. The number of morpholine rings is 1. The molecule has 1 fully saturated rings. The van der Waals surface area contributed by atoms with Gasteiger partial charge in [-0.15, -0.1) is 0 Å².